The van der Waals surface area contributed by atoms with E-state index in [0.717, 1.165) is 10.2 Å². The molecule has 5 heteroatoms. The van der Waals surface area contributed by atoms with E-state index in [1.165, 1.54) is 11.3 Å². The van der Waals surface area contributed by atoms with E-state index in [1.807, 2.05) is 42.5 Å². The number of aryl methyl sites for hydroxylation is 1. The third kappa shape index (κ3) is 1.76. The molecule has 0 spiro atoms. The Balaban J connectivity index is 2.12. The van der Waals surface area contributed by atoms with Crippen molar-refractivity contribution in [2.75, 3.05) is 0 Å². The molecule has 0 unspecified atom stereocenters. The van der Waals surface area contributed by atoms with Gasteiger partial charge in [0.25, 0.3) is 5.56 Å². The standard InChI is InChI=1S/C17H12N2O2S/c1-19-12-8-4-2-6-10(12)15(20)14(17(19)21)16-18-11-7-3-5-9-13(11)22-16/h2-9,20H,1H3. The van der Waals surface area contributed by atoms with Gasteiger partial charge in [-0.1, -0.05) is 24.3 Å². The average molecular weight is 308 g/mol. The lowest BCUT2D eigenvalue weighted by Gasteiger charge is -2.09. The van der Waals surface area contributed by atoms with Crippen molar-refractivity contribution in [2.45, 2.75) is 0 Å². The predicted octanol–water partition coefficient (Wildman–Crippen LogP) is 3.52. The number of benzene rings is 2. The largest absolute Gasteiger partial charge is 0.506 e. The smallest absolute Gasteiger partial charge is 0.264 e. The molecular formula is C17H12N2O2S. The van der Waals surface area contributed by atoms with Crippen LogP contribution in [0.4, 0.5) is 0 Å². The maximum absolute atomic E-state index is 12.7. The Morgan fingerprint density at radius 2 is 1.82 bits per heavy atom. The zero-order chi connectivity index (χ0) is 15.3. The van der Waals surface area contributed by atoms with Gasteiger partial charge in [-0.25, -0.2) is 4.98 Å². The fourth-order valence-electron chi connectivity index (χ4n) is 2.65. The Bertz CT molecular complexity index is 1050. The van der Waals surface area contributed by atoms with Gasteiger partial charge in [0.1, 0.15) is 16.3 Å². The molecule has 2 heterocycles. The molecule has 22 heavy (non-hydrogen) atoms. The van der Waals surface area contributed by atoms with Gasteiger partial charge in [-0.3, -0.25) is 4.79 Å². The second kappa shape index (κ2) is 4.68. The molecule has 4 aromatic rings. The highest BCUT2D eigenvalue weighted by Crippen LogP contribution is 2.36. The fraction of sp³-hybridized carbons (Fsp3) is 0.0588. The summed E-state index contributed by atoms with van der Waals surface area (Å²) in [7, 11) is 1.71. The van der Waals surface area contributed by atoms with Crippen molar-refractivity contribution >= 4 is 32.5 Å². The van der Waals surface area contributed by atoms with E-state index in [4.69, 9.17) is 0 Å². The molecule has 1 N–H and O–H groups in total. The lowest BCUT2D eigenvalue weighted by atomic mass is 10.1. The number of nitrogens with zero attached hydrogens (tertiary/aromatic N) is 2. The van der Waals surface area contributed by atoms with Gasteiger partial charge in [-0.05, 0) is 24.3 Å². The summed E-state index contributed by atoms with van der Waals surface area (Å²) in [5.74, 6) is -0.00208. The quantitative estimate of drug-likeness (QED) is 0.585. The number of fused-ring (bicyclic) bond motifs is 2. The average Bonchev–Trinajstić information content (AvgIpc) is 2.96. The third-order valence-electron chi connectivity index (χ3n) is 3.78. The highest BCUT2D eigenvalue weighted by Gasteiger charge is 2.19. The van der Waals surface area contributed by atoms with Gasteiger partial charge in [0.2, 0.25) is 0 Å². The topological polar surface area (TPSA) is 55.1 Å². The summed E-state index contributed by atoms with van der Waals surface area (Å²) in [6.07, 6.45) is 0. The number of rotatable bonds is 1. The number of thiazole rings is 1. The lowest BCUT2D eigenvalue weighted by molar-refractivity contribution is 0.481. The Hall–Kier alpha value is -2.66. The third-order valence-corrected chi connectivity index (χ3v) is 4.84. The van der Waals surface area contributed by atoms with Crippen LogP contribution in [-0.2, 0) is 7.05 Å². The molecule has 0 atom stereocenters. The zero-order valence-corrected chi connectivity index (χ0v) is 12.6. The minimum absolute atomic E-state index is 0.00208. The van der Waals surface area contributed by atoms with Crippen LogP contribution in [0, 0.1) is 0 Å². The highest BCUT2D eigenvalue weighted by atomic mass is 32.1. The van der Waals surface area contributed by atoms with E-state index in [-0.39, 0.29) is 16.9 Å². The van der Waals surface area contributed by atoms with Crippen LogP contribution in [0.3, 0.4) is 0 Å². The molecule has 0 saturated heterocycles. The van der Waals surface area contributed by atoms with Gasteiger partial charge in [0.05, 0.1) is 15.7 Å². The van der Waals surface area contributed by atoms with Gasteiger partial charge < -0.3 is 9.67 Å². The number of hydrogen-bond donors (Lipinski definition) is 1. The molecular weight excluding hydrogens is 296 g/mol. The van der Waals surface area contributed by atoms with E-state index >= 15 is 0 Å². The lowest BCUT2D eigenvalue weighted by Crippen LogP contribution is -2.19. The minimum atomic E-state index is -0.241. The van der Waals surface area contributed by atoms with Crippen LogP contribution in [0.1, 0.15) is 0 Å². The number of aromatic nitrogens is 2. The summed E-state index contributed by atoms with van der Waals surface area (Å²) in [4.78, 5) is 17.1. The van der Waals surface area contributed by atoms with Crippen molar-refractivity contribution in [3.05, 3.63) is 58.9 Å². The van der Waals surface area contributed by atoms with Gasteiger partial charge in [-0.2, -0.15) is 0 Å². The van der Waals surface area contributed by atoms with Crippen LogP contribution in [0.5, 0.6) is 5.75 Å². The van der Waals surface area contributed by atoms with Gasteiger partial charge >= 0.3 is 0 Å². The van der Waals surface area contributed by atoms with Crippen molar-refractivity contribution in [3.8, 4) is 16.3 Å². The van der Waals surface area contributed by atoms with E-state index < -0.39 is 0 Å². The second-order valence-corrected chi connectivity index (χ2v) is 6.12. The first kappa shape index (κ1) is 13.0. The molecule has 0 amide bonds. The zero-order valence-electron chi connectivity index (χ0n) is 11.8. The molecule has 0 saturated carbocycles. The summed E-state index contributed by atoms with van der Waals surface area (Å²) in [5, 5.41) is 11.8. The second-order valence-electron chi connectivity index (χ2n) is 5.09. The summed E-state index contributed by atoms with van der Waals surface area (Å²) in [5.41, 5.74) is 1.56. The monoisotopic (exact) mass is 308 g/mol. The first-order chi connectivity index (χ1) is 10.7. The van der Waals surface area contributed by atoms with E-state index in [0.29, 0.717) is 15.9 Å². The molecule has 4 nitrogen and oxygen atoms in total. The molecule has 0 aliphatic rings. The van der Waals surface area contributed by atoms with Crippen LogP contribution in [0.15, 0.2) is 53.3 Å². The van der Waals surface area contributed by atoms with Gasteiger partial charge in [0.15, 0.2) is 0 Å². The van der Waals surface area contributed by atoms with E-state index in [9.17, 15) is 9.90 Å². The fourth-order valence-corrected chi connectivity index (χ4v) is 3.65. The summed E-state index contributed by atoms with van der Waals surface area (Å²) < 4.78 is 2.54. The summed E-state index contributed by atoms with van der Waals surface area (Å²) >= 11 is 1.41. The number of aromatic hydroxyl groups is 1. The molecule has 0 aliphatic carbocycles. The molecule has 4 rings (SSSR count). The van der Waals surface area contributed by atoms with Gasteiger partial charge in [-0.15, -0.1) is 11.3 Å². The van der Waals surface area contributed by atoms with Crippen molar-refractivity contribution in [1.29, 1.82) is 0 Å². The molecule has 2 aromatic heterocycles. The first-order valence-corrected chi connectivity index (χ1v) is 7.65. The number of para-hydroxylation sites is 2. The number of pyridine rings is 1. The summed E-state index contributed by atoms with van der Waals surface area (Å²) in [6, 6.07) is 15.0. The normalized spacial score (nSPS) is 11.3. The van der Waals surface area contributed by atoms with Crippen molar-refractivity contribution in [3.63, 3.8) is 0 Å². The van der Waals surface area contributed by atoms with Crippen LogP contribution in [0.2, 0.25) is 0 Å². The van der Waals surface area contributed by atoms with Crippen molar-refractivity contribution < 1.29 is 5.11 Å². The molecule has 0 fully saturated rings. The van der Waals surface area contributed by atoms with Crippen LogP contribution >= 0.6 is 11.3 Å². The van der Waals surface area contributed by atoms with Gasteiger partial charge in [0, 0.05) is 12.4 Å². The van der Waals surface area contributed by atoms with E-state index in [2.05, 4.69) is 4.98 Å². The summed E-state index contributed by atoms with van der Waals surface area (Å²) in [6.45, 7) is 0. The molecule has 0 aliphatic heterocycles. The van der Waals surface area contributed by atoms with Crippen LogP contribution in [-0.4, -0.2) is 14.7 Å². The Labute approximate surface area is 129 Å². The Morgan fingerprint density at radius 1 is 1.09 bits per heavy atom. The van der Waals surface area contributed by atoms with E-state index in [1.54, 1.807) is 17.7 Å². The van der Waals surface area contributed by atoms with Crippen LogP contribution in [0.25, 0.3) is 31.7 Å². The van der Waals surface area contributed by atoms with Crippen molar-refractivity contribution in [2.24, 2.45) is 7.05 Å². The molecule has 0 bridgehead atoms. The maximum atomic E-state index is 12.7. The highest BCUT2D eigenvalue weighted by molar-refractivity contribution is 7.21. The van der Waals surface area contributed by atoms with Crippen LogP contribution < -0.4 is 5.56 Å². The number of hydrogen-bond acceptors (Lipinski definition) is 4. The predicted molar refractivity (Wildman–Crippen MR) is 89.5 cm³/mol. The maximum Gasteiger partial charge on any atom is 0.264 e. The molecule has 2 aromatic carbocycles. The van der Waals surface area contributed by atoms with Crippen molar-refractivity contribution in [1.82, 2.24) is 9.55 Å². The minimum Gasteiger partial charge on any atom is -0.506 e. The molecule has 0 radical (unpaired) electrons. The Kier molecular flexibility index (Phi) is 2.77. The Morgan fingerprint density at radius 3 is 2.64 bits per heavy atom. The SMILES string of the molecule is Cn1c(=O)c(-c2nc3ccccc3s2)c(O)c2ccccc21. The molecule has 108 valence electrons. The first-order valence-electron chi connectivity index (χ1n) is 6.83.